The summed E-state index contributed by atoms with van der Waals surface area (Å²) in [5, 5.41) is 0. The number of rotatable bonds is 8. The fraction of sp³-hybridized carbons (Fsp3) is 0.188. The van der Waals surface area contributed by atoms with Gasteiger partial charge < -0.3 is 4.90 Å². The summed E-state index contributed by atoms with van der Waals surface area (Å²) in [4.78, 5) is 11.5. The zero-order valence-electron chi connectivity index (χ0n) is 20.9. The standard InChI is InChI=1S/C32H33N3/c1-23(2)21-33-26(5)24(3)18-25(4)35(30-15-7-6-8-16-30)31-17-11-14-28(19-31)32-20-27-12-9-10-13-29(27)22-34-32/h6-8,10-11,13-22,26H,1,4,9,12H2,2-3,5H3. The first-order chi connectivity index (χ1) is 16.9. The number of nitrogens with zero attached hydrogens (tertiary/aromatic N) is 3. The molecule has 3 nitrogen and oxygen atoms in total. The van der Waals surface area contributed by atoms with Gasteiger partial charge in [-0.1, -0.05) is 55.6 Å². The van der Waals surface area contributed by atoms with Crippen molar-refractivity contribution in [3.8, 4) is 11.3 Å². The number of hydrogen-bond donors (Lipinski definition) is 0. The number of hydrogen-bond acceptors (Lipinski definition) is 3. The van der Waals surface area contributed by atoms with Gasteiger partial charge in [0.1, 0.15) is 0 Å². The Morgan fingerprint density at radius 3 is 2.57 bits per heavy atom. The Balaban J connectivity index is 1.70. The lowest BCUT2D eigenvalue weighted by Gasteiger charge is -2.27. The monoisotopic (exact) mass is 459 g/mol. The molecule has 0 spiro atoms. The van der Waals surface area contributed by atoms with Gasteiger partial charge in [-0.2, -0.15) is 0 Å². The zero-order chi connectivity index (χ0) is 24.8. The molecule has 1 atom stereocenters. The number of allylic oxidation sites excluding steroid dienone is 3. The molecule has 2 aromatic carbocycles. The molecule has 0 radical (unpaired) electrons. The first-order valence-electron chi connectivity index (χ1n) is 12.1. The number of fused-ring (bicyclic) bond motifs is 1. The molecule has 1 unspecified atom stereocenters. The Kier molecular flexibility index (Phi) is 7.57. The number of pyridine rings is 1. The third-order valence-corrected chi connectivity index (χ3v) is 6.18. The molecule has 4 rings (SSSR count). The summed E-state index contributed by atoms with van der Waals surface area (Å²) < 4.78 is 0. The predicted octanol–water partition coefficient (Wildman–Crippen LogP) is 8.34. The smallest absolute Gasteiger partial charge is 0.0705 e. The van der Waals surface area contributed by atoms with E-state index in [1.807, 2.05) is 37.5 Å². The Bertz CT molecular complexity index is 1310. The average Bonchev–Trinajstić information content (AvgIpc) is 2.88. The topological polar surface area (TPSA) is 28.5 Å². The van der Waals surface area contributed by atoms with Gasteiger partial charge >= 0.3 is 0 Å². The summed E-state index contributed by atoms with van der Waals surface area (Å²) >= 11 is 0. The molecular formula is C32H33N3. The lowest BCUT2D eigenvalue weighted by Crippen LogP contribution is -2.15. The van der Waals surface area contributed by atoms with Gasteiger partial charge in [0.05, 0.1) is 11.7 Å². The van der Waals surface area contributed by atoms with Gasteiger partial charge in [-0.3, -0.25) is 9.98 Å². The van der Waals surface area contributed by atoms with Crippen molar-refractivity contribution >= 4 is 23.7 Å². The van der Waals surface area contributed by atoms with Crippen molar-refractivity contribution in [2.75, 3.05) is 4.90 Å². The molecule has 0 saturated heterocycles. The minimum atomic E-state index is 0.0427. The Hall–Kier alpha value is -3.98. The van der Waals surface area contributed by atoms with Gasteiger partial charge in [0, 0.05) is 35.0 Å². The lowest BCUT2D eigenvalue weighted by atomic mass is 9.97. The molecule has 35 heavy (non-hydrogen) atoms. The van der Waals surface area contributed by atoms with E-state index >= 15 is 0 Å². The van der Waals surface area contributed by atoms with E-state index in [4.69, 9.17) is 4.98 Å². The minimum absolute atomic E-state index is 0.0427. The van der Waals surface area contributed by atoms with Crippen molar-refractivity contribution in [1.82, 2.24) is 4.98 Å². The summed E-state index contributed by atoms with van der Waals surface area (Å²) in [6, 6.07) is 21.1. The molecule has 0 aliphatic heterocycles. The highest BCUT2D eigenvalue weighted by atomic mass is 15.1. The zero-order valence-corrected chi connectivity index (χ0v) is 20.9. The number of aromatic nitrogens is 1. The van der Waals surface area contributed by atoms with Crippen LogP contribution in [0, 0.1) is 0 Å². The molecule has 0 bridgehead atoms. The molecule has 0 amide bonds. The number of aryl methyl sites for hydroxylation is 1. The van der Waals surface area contributed by atoms with Crippen LogP contribution in [0.3, 0.4) is 0 Å². The van der Waals surface area contributed by atoms with Crippen LogP contribution in [-0.2, 0) is 6.42 Å². The van der Waals surface area contributed by atoms with E-state index < -0.39 is 0 Å². The molecule has 1 aliphatic rings. The molecule has 1 aromatic heterocycles. The van der Waals surface area contributed by atoms with Crippen LogP contribution < -0.4 is 4.90 Å². The summed E-state index contributed by atoms with van der Waals surface area (Å²) in [5.41, 5.74) is 9.72. The summed E-state index contributed by atoms with van der Waals surface area (Å²) in [6.45, 7) is 14.5. The number of anilines is 2. The van der Waals surface area contributed by atoms with Crippen LogP contribution in [-0.4, -0.2) is 17.2 Å². The summed E-state index contributed by atoms with van der Waals surface area (Å²) in [7, 11) is 0. The lowest BCUT2D eigenvalue weighted by molar-refractivity contribution is 0.864. The highest BCUT2D eigenvalue weighted by Gasteiger charge is 2.15. The van der Waals surface area contributed by atoms with E-state index in [9.17, 15) is 0 Å². The Morgan fingerprint density at radius 1 is 1.03 bits per heavy atom. The normalized spacial score (nSPS) is 14.0. The molecule has 3 heteroatoms. The molecule has 0 saturated carbocycles. The van der Waals surface area contributed by atoms with Gasteiger partial charge in [0.15, 0.2) is 0 Å². The maximum absolute atomic E-state index is 4.76. The second-order valence-electron chi connectivity index (χ2n) is 9.11. The Labute approximate surface area is 209 Å². The maximum atomic E-state index is 4.76. The summed E-state index contributed by atoms with van der Waals surface area (Å²) in [5.74, 6) is 0. The first-order valence-corrected chi connectivity index (χ1v) is 12.1. The molecule has 0 N–H and O–H groups in total. The fourth-order valence-corrected chi connectivity index (χ4v) is 4.15. The van der Waals surface area contributed by atoms with E-state index in [2.05, 4.69) is 97.6 Å². The van der Waals surface area contributed by atoms with Gasteiger partial charge in [0.25, 0.3) is 0 Å². The van der Waals surface area contributed by atoms with Crippen molar-refractivity contribution in [2.45, 2.75) is 39.7 Å². The van der Waals surface area contributed by atoms with Crippen molar-refractivity contribution in [3.05, 3.63) is 120 Å². The molecule has 0 fully saturated rings. The largest absolute Gasteiger partial charge is 0.311 e. The number of para-hydroxylation sites is 1. The van der Waals surface area contributed by atoms with Crippen molar-refractivity contribution in [2.24, 2.45) is 4.99 Å². The van der Waals surface area contributed by atoms with E-state index in [0.717, 1.165) is 52.3 Å². The van der Waals surface area contributed by atoms with Gasteiger partial charge in [-0.05, 0) is 92.3 Å². The molecular weight excluding hydrogens is 426 g/mol. The molecule has 1 aliphatic carbocycles. The van der Waals surface area contributed by atoms with E-state index in [-0.39, 0.29) is 6.04 Å². The van der Waals surface area contributed by atoms with Crippen molar-refractivity contribution < 1.29 is 0 Å². The van der Waals surface area contributed by atoms with Gasteiger partial charge in [-0.25, -0.2) is 0 Å². The quantitative estimate of drug-likeness (QED) is 0.250. The first kappa shape index (κ1) is 24.2. The van der Waals surface area contributed by atoms with Crippen LogP contribution in [0.15, 0.2) is 114 Å². The van der Waals surface area contributed by atoms with Crippen molar-refractivity contribution in [3.63, 3.8) is 0 Å². The molecule has 176 valence electrons. The van der Waals surface area contributed by atoms with Crippen LogP contribution in [0.2, 0.25) is 0 Å². The van der Waals surface area contributed by atoms with Crippen LogP contribution >= 0.6 is 0 Å². The van der Waals surface area contributed by atoms with Crippen LogP contribution in [0.5, 0.6) is 0 Å². The van der Waals surface area contributed by atoms with E-state index in [1.165, 1.54) is 11.1 Å². The highest BCUT2D eigenvalue weighted by Crippen LogP contribution is 2.33. The van der Waals surface area contributed by atoms with E-state index in [1.54, 1.807) is 0 Å². The van der Waals surface area contributed by atoms with E-state index in [0.29, 0.717) is 0 Å². The highest BCUT2D eigenvalue weighted by molar-refractivity contribution is 5.77. The second-order valence-corrected chi connectivity index (χ2v) is 9.11. The van der Waals surface area contributed by atoms with Crippen LogP contribution in [0.1, 0.15) is 38.3 Å². The minimum Gasteiger partial charge on any atom is -0.311 e. The maximum Gasteiger partial charge on any atom is 0.0705 e. The average molecular weight is 460 g/mol. The van der Waals surface area contributed by atoms with Gasteiger partial charge in [0.2, 0.25) is 0 Å². The van der Waals surface area contributed by atoms with Crippen LogP contribution in [0.4, 0.5) is 11.4 Å². The SMILES string of the molecule is C=C(C)C=NC(C)C(C)=CC(=C)N(c1ccccc1)c1cccc(-c2cc3c(cn2)C=CCC3)c1. The molecule has 1 heterocycles. The summed E-state index contributed by atoms with van der Waals surface area (Å²) in [6.07, 6.45) is 12.5. The second kappa shape index (κ2) is 11.0. The number of benzene rings is 2. The Morgan fingerprint density at radius 2 is 1.80 bits per heavy atom. The van der Waals surface area contributed by atoms with Crippen molar-refractivity contribution in [1.29, 1.82) is 0 Å². The van der Waals surface area contributed by atoms with Gasteiger partial charge in [-0.15, -0.1) is 0 Å². The van der Waals surface area contributed by atoms with Crippen LogP contribution in [0.25, 0.3) is 17.3 Å². The third kappa shape index (κ3) is 5.93. The number of aliphatic imine (C=N–C) groups is 1. The predicted molar refractivity (Wildman–Crippen MR) is 151 cm³/mol. The fourth-order valence-electron chi connectivity index (χ4n) is 4.15. The molecule has 3 aromatic rings. The third-order valence-electron chi connectivity index (χ3n) is 6.18.